The van der Waals surface area contributed by atoms with E-state index in [4.69, 9.17) is 5.02 Å². The average Bonchev–Trinajstić information content (AvgIpc) is 1.87. The molecule has 1 heterocycles. The number of rotatable bonds is 0. The van der Waals surface area contributed by atoms with E-state index in [2.05, 4.69) is 9.31 Å². The van der Waals surface area contributed by atoms with Gasteiger partial charge in [0.25, 0.3) is 0 Å². The maximum absolute atomic E-state index is 11.7. The van der Waals surface area contributed by atoms with E-state index in [-0.39, 0.29) is 6.61 Å². The van der Waals surface area contributed by atoms with Crippen molar-refractivity contribution in [2.45, 2.75) is 6.36 Å². The Kier molecular flexibility index (Phi) is 1.27. The van der Waals surface area contributed by atoms with E-state index < -0.39 is 13.7 Å². The molecule has 0 bridgehead atoms. The van der Waals surface area contributed by atoms with Crippen molar-refractivity contribution in [2.75, 3.05) is 6.61 Å². The van der Waals surface area contributed by atoms with Gasteiger partial charge >= 0.3 is 7.32 Å². The first kappa shape index (κ1) is 5.02. The predicted octanol–water partition coefficient (Wildman–Crippen LogP) is -0.694. The molecule has 1 rings (SSSR count). The zero-order valence-electron chi connectivity index (χ0n) is 3.50. The number of hydrogen-bond acceptors (Lipinski definition) is 3. The van der Waals surface area contributed by atoms with Crippen molar-refractivity contribution in [3.63, 3.8) is 0 Å². The maximum atomic E-state index is 11.7. The Hall–Kier alpha value is -0.125. The summed E-state index contributed by atoms with van der Waals surface area (Å²) in [6.07, 6.45) is -1.45. The smallest absolute Gasteiger partial charge is 0.402 e. The van der Waals surface area contributed by atoms with Crippen molar-refractivity contribution in [1.82, 2.24) is 0 Å². The van der Waals surface area contributed by atoms with E-state index in [9.17, 15) is 4.39 Å². The van der Waals surface area contributed by atoms with Crippen molar-refractivity contribution < 1.29 is 18.7 Å². The van der Waals surface area contributed by atoms with Gasteiger partial charge in [-0.2, -0.15) is 0 Å². The highest BCUT2D eigenvalue weighted by atomic mass is 19.1. The van der Waals surface area contributed by atoms with E-state index in [1.165, 1.54) is 0 Å². The molecule has 1 N–H and O–H groups in total. The lowest BCUT2D eigenvalue weighted by Gasteiger charge is -1.89. The molecular formula is C2H4BFO3. The van der Waals surface area contributed by atoms with Crippen LogP contribution >= 0.6 is 0 Å². The lowest BCUT2D eigenvalue weighted by molar-refractivity contribution is 0.0798. The van der Waals surface area contributed by atoms with Gasteiger partial charge in [-0.1, -0.05) is 0 Å². The molecule has 1 aliphatic rings. The largest absolute Gasteiger partial charge is 0.639 e. The van der Waals surface area contributed by atoms with Crippen LogP contribution in [0.25, 0.3) is 0 Å². The second kappa shape index (κ2) is 1.77. The highest BCUT2D eigenvalue weighted by molar-refractivity contribution is 6.35. The zero-order chi connectivity index (χ0) is 5.28. The maximum Gasteiger partial charge on any atom is 0.639 e. The monoisotopic (exact) mass is 106 g/mol. The standard InChI is InChI=1S/C2H4BFO3/c4-2-1-6-3(5)7-2/h2,5H,1H2. The van der Waals surface area contributed by atoms with Gasteiger partial charge in [0, 0.05) is 0 Å². The molecule has 0 radical (unpaired) electrons. The predicted molar refractivity (Wildman–Crippen MR) is 19.9 cm³/mol. The summed E-state index contributed by atoms with van der Waals surface area (Å²) in [5.74, 6) is 0. The van der Waals surface area contributed by atoms with Crippen LogP contribution in [0.4, 0.5) is 4.39 Å². The SMILES string of the molecule is OB1OCC(F)O1. The molecule has 3 nitrogen and oxygen atoms in total. The molecule has 5 heteroatoms. The lowest BCUT2D eigenvalue weighted by Crippen LogP contribution is -2.12. The van der Waals surface area contributed by atoms with E-state index in [0.717, 1.165) is 0 Å². The summed E-state index contributed by atoms with van der Waals surface area (Å²) in [7, 11) is -1.35. The van der Waals surface area contributed by atoms with Crippen LogP contribution < -0.4 is 0 Å². The minimum Gasteiger partial charge on any atom is -0.402 e. The quantitative estimate of drug-likeness (QED) is 0.415. The number of hydrogen-bond donors (Lipinski definition) is 1. The minimum atomic E-state index is -1.45. The highest BCUT2D eigenvalue weighted by Gasteiger charge is 2.29. The van der Waals surface area contributed by atoms with E-state index >= 15 is 0 Å². The fourth-order valence-electron chi connectivity index (χ4n) is 0.363. The normalized spacial score (nSPS) is 31.7. The molecule has 1 aliphatic heterocycles. The third kappa shape index (κ3) is 1.12. The van der Waals surface area contributed by atoms with E-state index in [0.29, 0.717) is 0 Å². The summed E-state index contributed by atoms with van der Waals surface area (Å²) in [4.78, 5) is 0. The Morgan fingerprint density at radius 1 is 1.86 bits per heavy atom. The van der Waals surface area contributed by atoms with Crippen molar-refractivity contribution >= 4 is 7.32 Å². The fourth-order valence-corrected chi connectivity index (χ4v) is 0.363. The summed E-state index contributed by atoms with van der Waals surface area (Å²) >= 11 is 0. The first-order chi connectivity index (χ1) is 3.29. The van der Waals surface area contributed by atoms with Crippen LogP contribution in [0.1, 0.15) is 0 Å². The number of alkyl halides is 1. The molecule has 1 atom stereocenters. The van der Waals surface area contributed by atoms with Gasteiger partial charge in [-0.25, -0.2) is 4.39 Å². The molecule has 0 spiro atoms. The Morgan fingerprint density at radius 3 is 2.71 bits per heavy atom. The Balaban J connectivity index is 2.26. The molecule has 0 aromatic rings. The molecule has 1 fully saturated rings. The van der Waals surface area contributed by atoms with E-state index in [1.54, 1.807) is 0 Å². The van der Waals surface area contributed by atoms with Gasteiger partial charge < -0.3 is 14.3 Å². The van der Waals surface area contributed by atoms with Crippen molar-refractivity contribution in [3.05, 3.63) is 0 Å². The van der Waals surface area contributed by atoms with Crippen LogP contribution in [0.15, 0.2) is 0 Å². The van der Waals surface area contributed by atoms with Crippen LogP contribution in [-0.2, 0) is 9.31 Å². The molecule has 0 aliphatic carbocycles. The first-order valence-corrected chi connectivity index (χ1v) is 1.88. The molecule has 0 amide bonds. The topological polar surface area (TPSA) is 38.7 Å². The fraction of sp³-hybridized carbons (Fsp3) is 1.00. The minimum absolute atomic E-state index is 0.166. The van der Waals surface area contributed by atoms with Gasteiger partial charge in [-0.15, -0.1) is 0 Å². The zero-order valence-corrected chi connectivity index (χ0v) is 3.50. The first-order valence-electron chi connectivity index (χ1n) is 1.88. The molecule has 7 heavy (non-hydrogen) atoms. The van der Waals surface area contributed by atoms with Crippen molar-refractivity contribution in [1.29, 1.82) is 0 Å². The molecule has 1 saturated heterocycles. The van der Waals surface area contributed by atoms with Gasteiger partial charge in [0.15, 0.2) is 0 Å². The molecule has 0 aromatic heterocycles. The second-order valence-corrected chi connectivity index (χ2v) is 1.19. The van der Waals surface area contributed by atoms with Gasteiger partial charge in [0.2, 0.25) is 6.36 Å². The summed E-state index contributed by atoms with van der Waals surface area (Å²) in [5, 5.41) is 8.22. The molecule has 0 saturated carbocycles. The van der Waals surface area contributed by atoms with Crippen LogP contribution in [0, 0.1) is 0 Å². The Labute approximate surface area is 40.2 Å². The lowest BCUT2D eigenvalue weighted by atomic mass is 10.3. The van der Waals surface area contributed by atoms with Gasteiger partial charge in [0.05, 0.1) is 6.61 Å². The summed E-state index contributed by atoms with van der Waals surface area (Å²) in [6.45, 7) is -0.166. The number of halogens is 1. The van der Waals surface area contributed by atoms with Crippen LogP contribution in [0.3, 0.4) is 0 Å². The molecular weight excluding hydrogens is 102 g/mol. The molecule has 40 valence electrons. The van der Waals surface area contributed by atoms with Crippen molar-refractivity contribution in [3.8, 4) is 0 Å². The third-order valence-corrected chi connectivity index (χ3v) is 0.634. The molecule has 1 unspecified atom stereocenters. The highest BCUT2D eigenvalue weighted by Crippen LogP contribution is 2.05. The van der Waals surface area contributed by atoms with Gasteiger partial charge in [-0.3, -0.25) is 0 Å². The summed E-state index contributed by atoms with van der Waals surface area (Å²) in [6, 6.07) is 0. The van der Waals surface area contributed by atoms with Gasteiger partial charge in [-0.05, 0) is 0 Å². The van der Waals surface area contributed by atoms with Crippen LogP contribution in [0.5, 0.6) is 0 Å². The third-order valence-electron chi connectivity index (χ3n) is 0.634. The average molecular weight is 106 g/mol. The van der Waals surface area contributed by atoms with Gasteiger partial charge in [0.1, 0.15) is 0 Å². The second-order valence-electron chi connectivity index (χ2n) is 1.19. The van der Waals surface area contributed by atoms with Crippen LogP contribution in [-0.4, -0.2) is 25.3 Å². The van der Waals surface area contributed by atoms with Crippen molar-refractivity contribution in [2.24, 2.45) is 0 Å². The summed E-state index contributed by atoms with van der Waals surface area (Å²) in [5.41, 5.74) is 0. The van der Waals surface area contributed by atoms with Crippen LogP contribution in [0.2, 0.25) is 0 Å². The Bertz CT molecular complexity index is 62.0. The molecule has 0 aromatic carbocycles. The summed E-state index contributed by atoms with van der Waals surface area (Å²) < 4.78 is 19.9. The Morgan fingerprint density at radius 2 is 2.57 bits per heavy atom. The van der Waals surface area contributed by atoms with E-state index in [1.807, 2.05) is 0 Å².